The molecule has 0 radical (unpaired) electrons. The Morgan fingerprint density at radius 3 is 2.85 bits per heavy atom. The number of nitrogens with zero attached hydrogens (tertiary/aromatic N) is 2. The zero-order chi connectivity index (χ0) is 9.84. The van der Waals surface area contributed by atoms with Gasteiger partial charge in [-0.15, -0.1) is 0 Å². The van der Waals surface area contributed by atoms with E-state index in [0.717, 1.165) is 6.54 Å². The Hall–Kier alpha value is -0.640. The van der Waals surface area contributed by atoms with Crippen LogP contribution in [-0.2, 0) is 4.79 Å². The second-order valence-electron chi connectivity index (χ2n) is 3.63. The average Bonchev–Trinajstić information content (AvgIpc) is 2.10. The summed E-state index contributed by atoms with van der Waals surface area (Å²) >= 11 is 0. The number of hydrogen-bond donors (Lipinski definition) is 0. The highest BCUT2D eigenvalue weighted by Crippen LogP contribution is 2.08. The fourth-order valence-electron chi connectivity index (χ4n) is 1.56. The molecule has 0 aromatic heterocycles. The minimum atomic E-state index is -0.297. The summed E-state index contributed by atoms with van der Waals surface area (Å²) in [5.74, 6) is 0.137. The molecule has 76 valence electrons. The summed E-state index contributed by atoms with van der Waals surface area (Å²) in [6, 6.07) is 0.251. The molecular weight excluding hydrogens is 171 g/mol. The minimum Gasteiger partial charge on any atom is -0.341 e. The third-order valence-electron chi connectivity index (χ3n) is 2.54. The highest BCUT2D eigenvalue weighted by Gasteiger charge is 2.25. The molecule has 4 heteroatoms. The highest BCUT2D eigenvalue weighted by molar-refractivity contribution is 5.79. The van der Waals surface area contributed by atoms with E-state index < -0.39 is 0 Å². The Bertz CT molecular complexity index is 186. The predicted molar refractivity (Wildman–Crippen MR) is 49.3 cm³/mol. The second kappa shape index (κ2) is 4.56. The van der Waals surface area contributed by atoms with Crippen molar-refractivity contribution in [3.63, 3.8) is 0 Å². The van der Waals surface area contributed by atoms with Crippen LogP contribution in [0.15, 0.2) is 0 Å². The number of amides is 1. The zero-order valence-corrected chi connectivity index (χ0v) is 8.29. The van der Waals surface area contributed by atoms with Crippen LogP contribution in [0.1, 0.15) is 13.3 Å². The molecule has 1 amide bonds. The summed E-state index contributed by atoms with van der Waals surface area (Å²) in [6.45, 7) is 3.72. The van der Waals surface area contributed by atoms with Crippen molar-refractivity contribution in [2.24, 2.45) is 0 Å². The van der Waals surface area contributed by atoms with Crippen LogP contribution in [0.5, 0.6) is 0 Å². The van der Waals surface area contributed by atoms with Gasteiger partial charge in [0, 0.05) is 26.2 Å². The van der Waals surface area contributed by atoms with Gasteiger partial charge in [0.05, 0.1) is 13.2 Å². The molecule has 0 N–H and O–H groups in total. The Morgan fingerprint density at radius 1 is 1.62 bits per heavy atom. The molecule has 1 heterocycles. The molecule has 1 fully saturated rings. The van der Waals surface area contributed by atoms with Crippen LogP contribution in [-0.4, -0.2) is 55.1 Å². The SMILES string of the molecule is CC1CN(CCCF)CC(=O)N1C. The quantitative estimate of drug-likeness (QED) is 0.644. The molecule has 3 nitrogen and oxygen atoms in total. The monoisotopic (exact) mass is 188 g/mol. The molecule has 1 rings (SSSR count). The average molecular weight is 188 g/mol. The third-order valence-corrected chi connectivity index (χ3v) is 2.54. The molecule has 1 saturated heterocycles. The molecule has 0 aliphatic carbocycles. The van der Waals surface area contributed by atoms with E-state index >= 15 is 0 Å². The van der Waals surface area contributed by atoms with Gasteiger partial charge in [-0.2, -0.15) is 0 Å². The summed E-state index contributed by atoms with van der Waals surface area (Å²) in [4.78, 5) is 15.1. The molecule has 0 spiro atoms. The topological polar surface area (TPSA) is 23.6 Å². The van der Waals surface area contributed by atoms with Gasteiger partial charge in [-0.05, 0) is 13.3 Å². The number of rotatable bonds is 3. The van der Waals surface area contributed by atoms with Crippen LogP contribution in [0, 0.1) is 0 Å². The van der Waals surface area contributed by atoms with Crippen LogP contribution in [0.25, 0.3) is 0 Å². The Morgan fingerprint density at radius 2 is 2.31 bits per heavy atom. The van der Waals surface area contributed by atoms with Crippen molar-refractivity contribution in [2.45, 2.75) is 19.4 Å². The standard InChI is InChI=1S/C9H17FN2O/c1-8-6-12(5-3-4-10)7-9(13)11(8)2/h8H,3-7H2,1-2H3. The number of hydrogen-bond acceptors (Lipinski definition) is 2. The van der Waals surface area contributed by atoms with Crippen molar-refractivity contribution < 1.29 is 9.18 Å². The van der Waals surface area contributed by atoms with E-state index in [-0.39, 0.29) is 18.6 Å². The first kappa shape index (κ1) is 10.4. The fraction of sp³-hybridized carbons (Fsp3) is 0.889. The second-order valence-corrected chi connectivity index (χ2v) is 3.63. The van der Waals surface area contributed by atoms with Crippen molar-refractivity contribution in [3.8, 4) is 0 Å². The van der Waals surface area contributed by atoms with Crippen molar-refractivity contribution in [3.05, 3.63) is 0 Å². The van der Waals surface area contributed by atoms with Crippen molar-refractivity contribution in [2.75, 3.05) is 33.4 Å². The van der Waals surface area contributed by atoms with Gasteiger partial charge < -0.3 is 4.90 Å². The van der Waals surface area contributed by atoms with Gasteiger partial charge in [0.1, 0.15) is 0 Å². The summed E-state index contributed by atoms with van der Waals surface area (Å²) in [5, 5.41) is 0. The molecule has 1 aliphatic rings. The summed E-state index contributed by atoms with van der Waals surface area (Å²) < 4.78 is 11.9. The zero-order valence-electron chi connectivity index (χ0n) is 8.29. The predicted octanol–water partition coefficient (Wildman–Crippen LogP) is 0.508. The lowest BCUT2D eigenvalue weighted by Crippen LogP contribution is -2.53. The first-order valence-corrected chi connectivity index (χ1v) is 4.69. The first-order chi connectivity index (χ1) is 6.15. The van der Waals surface area contributed by atoms with Gasteiger partial charge >= 0.3 is 0 Å². The smallest absolute Gasteiger partial charge is 0.236 e. The summed E-state index contributed by atoms with van der Waals surface area (Å²) in [5.41, 5.74) is 0. The number of halogens is 1. The van der Waals surface area contributed by atoms with E-state index in [4.69, 9.17) is 0 Å². The normalized spacial score (nSPS) is 25.3. The van der Waals surface area contributed by atoms with E-state index in [1.54, 1.807) is 4.90 Å². The molecule has 0 saturated carbocycles. The molecule has 0 aromatic rings. The molecule has 1 aliphatic heterocycles. The van der Waals surface area contributed by atoms with Gasteiger partial charge in [-0.25, -0.2) is 0 Å². The lowest BCUT2D eigenvalue weighted by molar-refractivity contribution is -0.137. The number of carbonyl (C=O) groups is 1. The van der Waals surface area contributed by atoms with Crippen LogP contribution >= 0.6 is 0 Å². The minimum absolute atomic E-state index is 0.137. The van der Waals surface area contributed by atoms with Gasteiger partial charge in [0.2, 0.25) is 5.91 Å². The van der Waals surface area contributed by atoms with Crippen molar-refractivity contribution >= 4 is 5.91 Å². The summed E-state index contributed by atoms with van der Waals surface area (Å²) in [6.07, 6.45) is 0.531. The lowest BCUT2D eigenvalue weighted by Gasteiger charge is -2.37. The largest absolute Gasteiger partial charge is 0.341 e. The number of alkyl halides is 1. The number of likely N-dealkylation sites (N-methyl/N-ethyl adjacent to an activating group) is 1. The van der Waals surface area contributed by atoms with Crippen molar-refractivity contribution in [1.82, 2.24) is 9.80 Å². The molecule has 1 atom stereocenters. The van der Waals surface area contributed by atoms with E-state index in [1.165, 1.54) is 0 Å². The molecule has 1 unspecified atom stereocenters. The highest BCUT2D eigenvalue weighted by atomic mass is 19.1. The molecule has 13 heavy (non-hydrogen) atoms. The maximum absolute atomic E-state index is 11.9. The van der Waals surface area contributed by atoms with Crippen LogP contribution in [0.4, 0.5) is 4.39 Å². The van der Waals surface area contributed by atoms with Gasteiger partial charge in [0.25, 0.3) is 0 Å². The third kappa shape index (κ3) is 2.66. The maximum Gasteiger partial charge on any atom is 0.236 e. The lowest BCUT2D eigenvalue weighted by atomic mass is 10.2. The molecule has 0 bridgehead atoms. The Labute approximate surface area is 78.5 Å². The number of carbonyl (C=O) groups excluding carboxylic acids is 1. The Kier molecular flexibility index (Phi) is 3.66. The van der Waals surface area contributed by atoms with Gasteiger partial charge in [-0.1, -0.05) is 0 Å². The first-order valence-electron chi connectivity index (χ1n) is 4.69. The molecular formula is C9H17FN2O. The Balaban J connectivity index is 2.39. The fourth-order valence-corrected chi connectivity index (χ4v) is 1.56. The van der Waals surface area contributed by atoms with Crippen molar-refractivity contribution in [1.29, 1.82) is 0 Å². The maximum atomic E-state index is 11.9. The van der Waals surface area contributed by atoms with E-state index in [0.29, 0.717) is 19.5 Å². The van der Waals surface area contributed by atoms with E-state index in [1.807, 2.05) is 18.9 Å². The van der Waals surface area contributed by atoms with Crippen LogP contribution in [0.3, 0.4) is 0 Å². The van der Waals surface area contributed by atoms with Gasteiger partial charge in [-0.3, -0.25) is 14.1 Å². The number of piperazine rings is 1. The van der Waals surface area contributed by atoms with Crippen LogP contribution in [0.2, 0.25) is 0 Å². The van der Waals surface area contributed by atoms with Gasteiger partial charge in [0.15, 0.2) is 0 Å². The van der Waals surface area contributed by atoms with E-state index in [9.17, 15) is 9.18 Å². The van der Waals surface area contributed by atoms with Crippen LogP contribution < -0.4 is 0 Å². The van der Waals surface area contributed by atoms with E-state index in [2.05, 4.69) is 0 Å². The summed E-state index contributed by atoms with van der Waals surface area (Å²) in [7, 11) is 1.82. The molecule has 0 aromatic carbocycles.